The maximum atomic E-state index is 5.98. The molecule has 0 unspecified atom stereocenters. The first-order valence-corrected chi connectivity index (χ1v) is 6.60. The van der Waals surface area contributed by atoms with Gasteiger partial charge in [0.1, 0.15) is 0 Å². The quantitative estimate of drug-likeness (QED) is 0.806. The average Bonchev–Trinajstić information content (AvgIpc) is 2.53. The van der Waals surface area contributed by atoms with Gasteiger partial charge in [0.15, 0.2) is 0 Å². The molecule has 0 aliphatic carbocycles. The third-order valence-corrected chi connectivity index (χ3v) is 3.03. The largest absolute Gasteiger partial charge is 0.467 e. The Labute approximate surface area is 123 Å². The van der Waals surface area contributed by atoms with Crippen molar-refractivity contribution in [3.05, 3.63) is 29.8 Å². The van der Waals surface area contributed by atoms with Gasteiger partial charge in [-0.05, 0) is 18.6 Å². The van der Waals surface area contributed by atoms with Crippen LogP contribution in [0.2, 0.25) is 0 Å². The van der Waals surface area contributed by atoms with Crippen LogP contribution < -0.4 is 20.1 Å². The lowest BCUT2D eigenvalue weighted by atomic mass is 10.2. The smallest absolute Gasteiger partial charge is 0.324 e. The molecule has 0 saturated heterocycles. The second-order valence-corrected chi connectivity index (χ2v) is 4.32. The highest BCUT2D eigenvalue weighted by Gasteiger charge is 2.14. The standard InChI is InChI=1S/C14H19N5O2/c1-4-19(9-10-7-5-6-8-11(10)15)12-16-13(20-2)18-14(17-12)21-3/h5-8H,4,9,15H2,1-3H3. The molecule has 0 spiro atoms. The SMILES string of the molecule is CCN(Cc1ccccc1N)c1nc(OC)nc(OC)n1. The van der Waals surface area contributed by atoms with E-state index in [0.29, 0.717) is 19.0 Å². The molecule has 0 amide bonds. The third kappa shape index (κ3) is 3.50. The summed E-state index contributed by atoms with van der Waals surface area (Å²) in [6, 6.07) is 8.15. The van der Waals surface area contributed by atoms with Crippen LogP contribution in [0, 0.1) is 0 Å². The van der Waals surface area contributed by atoms with Crippen molar-refractivity contribution in [3.8, 4) is 12.0 Å². The van der Waals surface area contributed by atoms with E-state index in [1.54, 1.807) is 0 Å². The summed E-state index contributed by atoms with van der Waals surface area (Å²) in [5, 5.41) is 0. The Hall–Kier alpha value is -2.57. The molecule has 0 bridgehead atoms. The molecular formula is C14H19N5O2. The van der Waals surface area contributed by atoms with E-state index in [2.05, 4.69) is 15.0 Å². The van der Waals surface area contributed by atoms with Gasteiger partial charge in [-0.15, -0.1) is 4.98 Å². The monoisotopic (exact) mass is 289 g/mol. The average molecular weight is 289 g/mol. The van der Waals surface area contributed by atoms with Crippen molar-refractivity contribution >= 4 is 11.6 Å². The van der Waals surface area contributed by atoms with Crippen LogP contribution in [0.4, 0.5) is 11.6 Å². The molecule has 1 heterocycles. The van der Waals surface area contributed by atoms with Gasteiger partial charge in [-0.25, -0.2) is 0 Å². The molecule has 0 fully saturated rings. The fourth-order valence-electron chi connectivity index (χ4n) is 1.86. The fraction of sp³-hybridized carbons (Fsp3) is 0.357. The maximum Gasteiger partial charge on any atom is 0.324 e. The molecule has 0 saturated carbocycles. The van der Waals surface area contributed by atoms with Gasteiger partial charge in [-0.3, -0.25) is 0 Å². The fourth-order valence-corrected chi connectivity index (χ4v) is 1.86. The predicted molar refractivity (Wildman–Crippen MR) is 80.5 cm³/mol. The number of methoxy groups -OCH3 is 2. The number of nitrogen functional groups attached to an aromatic ring is 1. The highest BCUT2D eigenvalue weighted by molar-refractivity contribution is 5.48. The van der Waals surface area contributed by atoms with Crippen LogP contribution >= 0.6 is 0 Å². The molecule has 7 nitrogen and oxygen atoms in total. The van der Waals surface area contributed by atoms with Crippen molar-refractivity contribution in [2.75, 3.05) is 31.4 Å². The topological polar surface area (TPSA) is 86.4 Å². The van der Waals surface area contributed by atoms with E-state index in [0.717, 1.165) is 11.3 Å². The summed E-state index contributed by atoms with van der Waals surface area (Å²) in [4.78, 5) is 14.5. The number of benzene rings is 1. The van der Waals surface area contributed by atoms with Crippen LogP contribution in [-0.2, 0) is 6.54 Å². The normalized spacial score (nSPS) is 10.2. The summed E-state index contributed by atoms with van der Waals surface area (Å²) in [7, 11) is 3.01. The van der Waals surface area contributed by atoms with Gasteiger partial charge in [0.2, 0.25) is 5.95 Å². The van der Waals surface area contributed by atoms with Crippen LogP contribution in [0.5, 0.6) is 12.0 Å². The lowest BCUT2D eigenvalue weighted by Crippen LogP contribution is -2.25. The second kappa shape index (κ2) is 6.74. The molecule has 0 atom stereocenters. The van der Waals surface area contributed by atoms with Gasteiger partial charge in [0.25, 0.3) is 0 Å². The third-order valence-electron chi connectivity index (χ3n) is 3.03. The van der Waals surface area contributed by atoms with E-state index in [9.17, 15) is 0 Å². The zero-order valence-corrected chi connectivity index (χ0v) is 12.4. The zero-order valence-electron chi connectivity index (χ0n) is 12.4. The van der Waals surface area contributed by atoms with Crippen LogP contribution in [-0.4, -0.2) is 35.7 Å². The van der Waals surface area contributed by atoms with Crippen LogP contribution in [0.15, 0.2) is 24.3 Å². The van der Waals surface area contributed by atoms with E-state index in [1.807, 2.05) is 36.1 Å². The van der Waals surface area contributed by atoms with Gasteiger partial charge >= 0.3 is 12.0 Å². The van der Waals surface area contributed by atoms with Crippen molar-refractivity contribution in [2.24, 2.45) is 0 Å². The number of hydrogen-bond acceptors (Lipinski definition) is 7. The number of nitrogens with two attached hydrogens (primary N) is 1. The first kappa shape index (κ1) is 14.8. The first-order chi connectivity index (χ1) is 10.2. The van der Waals surface area contributed by atoms with Gasteiger partial charge in [0.05, 0.1) is 14.2 Å². The predicted octanol–water partition coefficient (Wildman–Crippen LogP) is 1.50. The second-order valence-electron chi connectivity index (χ2n) is 4.32. The summed E-state index contributed by atoms with van der Waals surface area (Å²) < 4.78 is 10.1. The Morgan fingerprint density at radius 2 is 1.67 bits per heavy atom. The lowest BCUT2D eigenvalue weighted by Gasteiger charge is -2.21. The van der Waals surface area contributed by atoms with Gasteiger partial charge in [0, 0.05) is 18.8 Å². The summed E-state index contributed by atoms with van der Waals surface area (Å²) >= 11 is 0. The number of anilines is 2. The van der Waals surface area contributed by atoms with Crippen LogP contribution in [0.25, 0.3) is 0 Å². The van der Waals surface area contributed by atoms with E-state index < -0.39 is 0 Å². The minimum Gasteiger partial charge on any atom is -0.467 e. The highest BCUT2D eigenvalue weighted by Crippen LogP contribution is 2.20. The number of aromatic nitrogens is 3. The molecule has 1 aromatic carbocycles. The van der Waals surface area contributed by atoms with Gasteiger partial charge < -0.3 is 20.1 Å². The molecule has 2 aromatic rings. The van der Waals surface area contributed by atoms with Crippen molar-refractivity contribution in [1.29, 1.82) is 0 Å². The molecule has 0 aliphatic rings. The maximum absolute atomic E-state index is 5.98. The molecule has 1 aromatic heterocycles. The van der Waals surface area contributed by atoms with Crippen molar-refractivity contribution in [2.45, 2.75) is 13.5 Å². The van der Waals surface area contributed by atoms with E-state index in [-0.39, 0.29) is 12.0 Å². The molecule has 2 rings (SSSR count). The number of nitrogens with zero attached hydrogens (tertiary/aromatic N) is 4. The minimum absolute atomic E-state index is 0.219. The molecule has 0 aliphatic heterocycles. The highest BCUT2D eigenvalue weighted by atomic mass is 16.5. The molecule has 2 N–H and O–H groups in total. The zero-order chi connectivity index (χ0) is 15.2. The molecule has 21 heavy (non-hydrogen) atoms. The van der Waals surface area contributed by atoms with E-state index in [4.69, 9.17) is 15.2 Å². The Bertz CT molecular complexity index is 583. The van der Waals surface area contributed by atoms with Crippen LogP contribution in [0.1, 0.15) is 12.5 Å². The summed E-state index contributed by atoms with van der Waals surface area (Å²) in [5.74, 6) is 0.490. The molecule has 7 heteroatoms. The molecule has 0 radical (unpaired) electrons. The van der Waals surface area contributed by atoms with Crippen molar-refractivity contribution < 1.29 is 9.47 Å². The number of rotatable bonds is 6. The van der Waals surface area contributed by atoms with Crippen LogP contribution in [0.3, 0.4) is 0 Å². The van der Waals surface area contributed by atoms with Gasteiger partial charge in [-0.1, -0.05) is 18.2 Å². The summed E-state index contributed by atoms with van der Waals surface area (Å²) in [6.07, 6.45) is 0. The Balaban J connectivity index is 2.31. The van der Waals surface area contributed by atoms with Crippen molar-refractivity contribution in [1.82, 2.24) is 15.0 Å². The van der Waals surface area contributed by atoms with E-state index >= 15 is 0 Å². The first-order valence-electron chi connectivity index (χ1n) is 6.60. The number of para-hydroxylation sites is 1. The van der Waals surface area contributed by atoms with Gasteiger partial charge in [-0.2, -0.15) is 9.97 Å². The van der Waals surface area contributed by atoms with E-state index in [1.165, 1.54) is 14.2 Å². The minimum atomic E-state index is 0.219. The van der Waals surface area contributed by atoms with Crippen molar-refractivity contribution in [3.63, 3.8) is 0 Å². The summed E-state index contributed by atoms with van der Waals surface area (Å²) in [5.41, 5.74) is 7.74. The number of hydrogen-bond donors (Lipinski definition) is 1. The molecular weight excluding hydrogens is 270 g/mol. The summed E-state index contributed by atoms with van der Waals surface area (Å²) in [6.45, 7) is 3.33. The molecule has 112 valence electrons. The number of ether oxygens (including phenoxy) is 2. The Kier molecular flexibility index (Phi) is 4.76. The Morgan fingerprint density at radius 3 is 2.19 bits per heavy atom. The Morgan fingerprint density at radius 1 is 1.05 bits per heavy atom. The lowest BCUT2D eigenvalue weighted by molar-refractivity contribution is 0.340.